The first-order valence-corrected chi connectivity index (χ1v) is 10.3. The van der Waals surface area contributed by atoms with Gasteiger partial charge in [-0.15, -0.1) is 11.3 Å². The monoisotopic (exact) mass is 344 g/mol. The predicted octanol–water partition coefficient (Wildman–Crippen LogP) is 1.16. The lowest BCUT2D eigenvalue weighted by atomic mass is 10.1. The number of carbonyl (C=O) groups is 1. The van der Waals surface area contributed by atoms with Crippen molar-refractivity contribution in [1.82, 2.24) is 10.2 Å². The zero-order valence-electron chi connectivity index (χ0n) is 13.1. The smallest absolute Gasteiger partial charge is 0.237 e. The van der Waals surface area contributed by atoms with Crippen molar-refractivity contribution in [2.24, 2.45) is 5.92 Å². The van der Waals surface area contributed by atoms with Gasteiger partial charge in [0.25, 0.3) is 0 Å². The van der Waals surface area contributed by atoms with Crippen LogP contribution in [0.15, 0.2) is 17.5 Å². The fraction of sp³-hybridized carbons (Fsp3) is 0.667. The first-order valence-electron chi connectivity index (χ1n) is 7.58. The van der Waals surface area contributed by atoms with E-state index in [1.54, 1.807) is 11.3 Å². The highest BCUT2D eigenvalue weighted by molar-refractivity contribution is 7.91. The Morgan fingerprint density at radius 2 is 2.32 bits per heavy atom. The number of carbonyl (C=O) groups excluding carboxylic acids is 1. The third-order valence-corrected chi connectivity index (χ3v) is 6.94. The van der Waals surface area contributed by atoms with Crippen LogP contribution >= 0.6 is 11.3 Å². The van der Waals surface area contributed by atoms with Crippen molar-refractivity contribution in [3.63, 3.8) is 0 Å². The molecule has 1 fully saturated rings. The van der Waals surface area contributed by atoms with E-state index in [4.69, 9.17) is 0 Å². The fourth-order valence-corrected chi connectivity index (χ4v) is 5.25. The van der Waals surface area contributed by atoms with Gasteiger partial charge in [0, 0.05) is 18.0 Å². The van der Waals surface area contributed by atoms with Gasteiger partial charge >= 0.3 is 0 Å². The van der Waals surface area contributed by atoms with E-state index < -0.39 is 9.84 Å². The highest BCUT2D eigenvalue weighted by Gasteiger charge is 2.30. The largest absolute Gasteiger partial charge is 0.354 e. The summed E-state index contributed by atoms with van der Waals surface area (Å²) in [4.78, 5) is 15.4. The Bertz CT molecular complexity index is 584. The first kappa shape index (κ1) is 17.4. The molecule has 124 valence electrons. The number of nitrogens with one attached hydrogen (secondary N) is 1. The van der Waals surface area contributed by atoms with Crippen molar-refractivity contribution in [1.29, 1.82) is 0 Å². The van der Waals surface area contributed by atoms with Crippen LogP contribution in [0.1, 0.15) is 18.2 Å². The van der Waals surface area contributed by atoms with Crippen LogP contribution in [0.5, 0.6) is 0 Å². The van der Waals surface area contributed by atoms with Crippen molar-refractivity contribution in [2.45, 2.75) is 25.8 Å². The number of amides is 1. The van der Waals surface area contributed by atoms with Crippen LogP contribution in [-0.4, -0.2) is 56.9 Å². The van der Waals surface area contributed by atoms with Gasteiger partial charge in [0.1, 0.15) is 0 Å². The lowest BCUT2D eigenvalue weighted by Crippen LogP contribution is -2.45. The van der Waals surface area contributed by atoms with Crippen LogP contribution in [0.3, 0.4) is 0 Å². The molecule has 1 aromatic rings. The SMILES string of the molecule is C[C@H](C(=O)NCCc1cccs1)N(C)C[C@H]1CCS(=O)(=O)C1. The molecule has 1 aromatic heterocycles. The van der Waals surface area contributed by atoms with Crippen LogP contribution in [0.2, 0.25) is 0 Å². The molecule has 0 radical (unpaired) electrons. The third-order valence-electron chi connectivity index (χ3n) is 4.16. The minimum Gasteiger partial charge on any atom is -0.354 e. The van der Waals surface area contributed by atoms with E-state index in [2.05, 4.69) is 11.4 Å². The van der Waals surface area contributed by atoms with E-state index >= 15 is 0 Å². The number of likely N-dealkylation sites (N-methyl/N-ethyl adjacent to an activating group) is 1. The highest BCUT2D eigenvalue weighted by atomic mass is 32.2. The Balaban J connectivity index is 1.72. The average Bonchev–Trinajstić information content (AvgIpc) is 3.07. The summed E-state index contributed by atoms with van der Waals surface area (Å²) in [5.41, 5.74) is 0. The average molecular weight is 345 g/mol. The molecule has 1 aliphatic rings. The minimum absolute atomic E-state index is 0.0000831. The zero-order chi connectivity index (χ0) is 16.2. The maximum atomic E-state index is 12.1. The molecule has 22 heavy (non-hydrogen) atoms. The van der Waals surface area contributed by atoms with E-state index in [-0.39, 0.29) is 29.4 Å². The molecule has 0 aromatic carbocycles. The lowest BCUT2D eigenvalue weighted by molar-refractivity contribution is -0.125. The zero-order valence-corrected chi connectivity index (χ0v) is 14.8. The minimum atomic E-state index is -2.85. The summed E-state index contributed by atoms with van der Waals surface area (Å²) in [5, 5.41) is 4.98. The molecule has 1 N–H and O–H groups in total. The van der Waals surface area contributed by atoms with Crippen LogP contribution < -0.4 is 5.32 Å². The quantitative estimate of drug-likeness (QED) is 0.806. The van der Waals surface area contributed by atoms with Crippen LogP contribution in [0.4, 0.5) is 0 Å². The van der Waals surface area contributed by atoms with Crippen molar-refractivity contribution in [3.05, 3.63) is 22.4 Å². The van der Waals surface area contributed by atoms with Gasteiger partial charge in [-0.3, -0.25) is 9.69 Å². The Kier molecular flexibility index (Phi) is 6.00. The molecule has 1 amide bonds. The number of hydrogen-bond donors (Lipinski definition) is 1. The van der Waals surface area contributed by atoms with E-state index in [1.165, 1.54) is 4.88 Å². The van der Waals surface area contributed by atoms with Crippen molar-refractivity contribution >= 4 is 27.1 Å². The van der Waals surface area contributed by atoms with Crippen LogP contribution in [0.25, 0.3) is 0 Å². The second-order valence-electron chi connectivity index (χ2n) is 6.01. The maximum Gasteiger partial charge on any atom is 0.237 e. The first-order chi connectivity index (χ1) is 10.4. The molecule has 1 aliphatic heterocycles. The van der Waals surface area contributed by atoms with Gasteiger partial charge in [0.2, 0.25) is 5.91 Å². The summed E-state index contributed by atoms with van der Waals surface area (Å²) in [6, 6.07) is 3.83. The Morgan fingerprint density at radius 1 is 1.55 bits per heavy atom. The Hall–Kier alpha value is -0.920. The van der Waals surface area contributed by atoms with Gasteiger partial charge in [0.05, 0.1) is 17.5 Å². The molecule has 0 saturated carbocycles. The van der Waals surface area contributed by atoms with Crippen LogP contribution in [-0.2, 0) is 21.1 Å². The molecule has 0 unspecified atom stereocenters. The summed E-state index contributed by atoms with van der Waals surface area (Å²) < 4.78 is 23.0. The molecule has 1 saturated heterocycles. The molecule has 2 heterocycles. The van der Waals surface area contributed by atoms with E-state index in [0.29, 0.717) is 19.5 Å². The topological polar surface area (TPSA) is 66.5 Å². The second kappa shape index (κ2) is 7.57. The van der Waals surface area contributed by atoms with Gasteiger partial charge in [-0.1, -0.05) is 6.07 Å². The molecule has 2 atom stereocenters. The number of rotatable bonds is 7. The summed E-state index contributed by atoms with van der Waals surface area (Å²) in [6.45, 7) is 3.15. The summed E-state index contributed by atoms with van der Waals surface area (Å²) >= 11 is 1.69. The lowest BCUT2D eigenvalue weighted by Gasteiger charge is -2.26. The molecule has 7 heteroatoms. The normalized spacial score (nSPS) is 21.9. The molecular weight excluding hydrogens is 320 g/mol. The number of thiophene rings is 1. The van der Waals surface area contributed by atoms with Crippen molar-refractivity contribution in [2.75, 3.05) is 31.6 Å². The summed E-state index contributed by atoms with van der Waals surface area (Å²) in [6.07, 6.45) is 1.56. The van der Waals surface area contributed by atoms with Gasteiger partial charge in [-0.25, -0.2) is 8.42 Å². The molecule has 0 bridgehead atoms. The number of hydrogen-bond acceptors (Lipinski definition) is 5. The van der Waals surface area contributed by atoms with Gasteiger partial charge in [0.15, 0.2) is 9.84 Å². The molecule has 0 spiro atoms. The van der Waals surface area contributed by atoms with Gasteiger partial charge in [-0.05, 0) is 44.2 Å². The predicted molar refractivity (Wildman–Crippen MR) is 89.9 cm³/mol. The number of sulfone groups is 1. The van der Waals surface area contributed by atoms with Gasteiger partial charge < -0.3 is 5.32 Å². The van der Waals surface area contributed by atoms with Gasteiger partial charge in [-0.2, -0.15) is 0 Å². The maximum absolute atomic E-state index is 12.1. The fourth-order valence-electron chi connectivity index (χ4n) is 2.69. The standard InChI is InChI=1S/C15H24N2O3S2/c1-12(15(18)16-7-5-14-4-3-8-21-14)17(2)10-13-6-9-22(19,20)11-13/h3-4,8,12-13H,5-7,9-11H2,1-2H3,(H,16,18)/t12-,13-/m1/s1. The van der Waals surface area contributed by atoms with E-state index in [0.717, 1.165) is 6.42 Å². The van der Waals surface area contributed by atoms with Crippen LogP contribution in [0, 0.1) is 5.92 Å². The summed E-state index contributed by atoms with van der Waals surface area (Å²) in [7, 11) is -0.969. The molecule has 0 aliphatic carbocycles. The van der Waals surface area contributed by atoms with Crippen molar-refractivity contribution in [3.8, 4) is 0 Å². The number of nitrogens with zero attached hydrogens (tertiary/aromatic N) is 1. The summed E-state index contributed by atoms with van der Waals surface area (Å²) in [5.74, 6) is 0.688. The Labute approximate surface area is 136 Å². The third kappa shape index (κ3) is 5.07. The molecule has 5 nitrogen and oxygen atoms in total. The molecule has 2 rings (SSSR count). The van der Waals surface area contributed by atoms with E-state index in [1.807, 2.05) is 30.3 Å². The van der Waals surface area contributed by atoms with E-state index in [9.17, 15) is 13.2 Å². The molecular formula is C15H24N2O3S2. The Morgan fingerprint density at radius 3 is 2.91 bits per heavy atom. The highest BCUT2D eigenvalue weighted by Crippen LogP contribution is 2.19. The second-order valence-corrected chi connectivity index (χ2v) is 9.27. The van der Waals surface area contributed by atoms with Crippen molar-refractivity contribution < 1.29 is 13.2 Å².